The van der Waals surface area contributed by atoms with Crippen LogP contribution in [-0.4, -0.2) is 26.7 Å². The quantitative estimate of drug-likeness (QED) is 0.418. The van der Waals surface area contributed by atoms with Crippen molar-refractivity contribution in [3.8, 4) is 0 Å². The summed E-state index contributed by atoms with van der Waals surface area (Å²) in [6, 6.07) is 8.56. The lowest BCUT2D eigenvalue weighted by molar-refractivity contribution is 0.303. The molecule has 0 atom stereocenters. The number of rotatable bonds is 9. The molecule has 5 nitrogen and oxygen atoms in total. The summed E-state index contributed by atoms with van der Waals surface area (Å²) in [5.41, 5.74) is 2.03. The third kappa shape index (κ3) is 4.83. The van der Waals surface area contributed by atoms with Crippen LogP contribution in [0.25, 0.3) is 0 Å². The van der Waals surface area contributed by atoms with Crippen molar-refractivity contribution in [1.82, 2.24) is 19.7 Å². The van der Waals surface area contributed by atoms with Gasteiger partial charge in [-0.1, -0.05) is 30.0 Å². The van der Waals surface area contributed by atoms with Gasteiger partial charge in [-0.2, -0.15) is 0 Å². The highest BCUT2D eigenvalue weighted by Gasteiger charge is 2.14. The van der Waals surface area contributed by atoms with Gasteiger partial charge < -0.3 is 8.98 Å². The third-order valence-corrected chi connectivity index (χ3v) is 4.84. The third-order valence-electron chi connectivity index (χ3n) is 3.81. The molecule has 0 bridgehead atoms. The lowest BCUT2D eigenvalue weighted by atomic mass is 10.2. The monoisotopic (exact) mass is 372 g/mol. The Hall–Kier alpha value is -2.38. The SMILES string of the molecule is C=CCn1c(CN(C)Cc2ccoc2)nnc1SCc1cccc(F)c1. The van der Waals surface area contributed by atoms with E-state index in [4.69, 9.17) is 4.42 Å². The Morgan fingerprint density at radius 2 is 2.15 bits per heavy atom. The second-order valence-electron chi connectivity index (χ2n) is 6.02. The summed E-state index contributed by atoms with van der Waals surface area (Å²) in [5, 5.41) is 9.46. The summed E-state index contributed by atoms with van der Waals surface area (Å²) in [6.07, 6.45) is 5.24. The van der Waals surface area contributed by atoms with E-state index >= 15 is 0 Å². The van der Waals surface area contributed by atoms with Crippen molar-refractivity contribution in [2.75, 3.05) is 7.05 Å². The van der Waals surface area contributed by atoms with Crippen molar-refractivity contribution in [2.24, 2.45) is 0 Å². The van der Waals surface area contributed by atoms with Crippen LogP contribution in [0.2, 0.25) is 0 Å². The lowest BCUT2D eigenvalue weighted by Crippen LogP contribution is -2.20. The van der Waals surface area contributed by atoms with Crippen LogP contribution in [0, 0.1) is 5.82 Å². The molecule has 0 amide bonds. The summed E-state index contributed by atoms with van der Waals surface area (Å²) in [6.45, 7) is 5.89. The largest absolute Gasteiger partial charge is 0.472 e. The molecule has 0 N–H and O–H groups in total. The molecule has 3 aromatic rings. The fourth-order valence-electron chi connectivity index (χ4n) is 2.62. The minimum Gasteiger partial charge on any atom is -0.472 e. The Labute approximate surface area is 156 Å². The zero-order chi connectivity index (χ0) is 18.4. The van der Waals surface area contributed by atoms with Gasteiger partial charge in [-0.05, 0) is 30.8 Å². The predicted molar refractivity (Wildman–Crippen MR) is 100 cm³/mol. The van der Waals surface area contributed by atoms with E-state index in [0.29, 0.717) is 18.8 Å². The molecule has 0 radical (unpaired) electrons. The molecule has 0 spiro atoms. The van der Waals surface area contributed by atoms with E-state index in [2.05, 4.69) is 21.7 Å². The van der Waals surface area contributed by atoms with Crippen molar-refractivity contribution in [3.63, 3.8) is 0 Å². The first-order valence-electron chi connectivity index (χ1n) is 8.25. The van der Waals surface area contributed by atoms with Crippen LogP contribution in [-0.2, 0) is 25.4 Å². The van der Waals surface area contributed by atoms with Crippen molar-refractivity contribution in [3.05, 3.63) is 78.3 Å². The molecule has 0 saturated carbocycles. The summed E-state index contributed by atoms with van der Waals surface area (Å²) in [4.78, 5) is 2.15. The fraction of sp³-hybridized carbons (Fsp3) is 0.263. The van der Waals surface area contributed by atoms with E-state index in [0.717, 1.165) is 28.7 Å². The molecule has 0 unspecified atom stereocenters. The van der Waals surface area contributed by atoms with E-state index in [1.54, 1.807) is 36.4 Å². The maximum atomic E-state index is 13.3. The number of nitrogens with zero attached hydrogens (tertiary/aromatic N) is 4. The predicted octanol–water partition coefficient (Wildman–Crippen LogP) is 4.12. The van der Waals surface area contributed by atoms with E-state index < -0.39 is 0 Å². The Morgan fingerprint density at radius 1 is 1.27 bits per heavy atom. The number of allylic oxidation sites excluding steroid dienone is 1. The molecule has 136 valence electrons. The number of hydrogen-bond donors (Lipinski definition) is 0. The Balaban J connectivity index is 1.67. The minimum absolute atomic E-state index is 0.225. The summed E-state index contributed by atoms with van der Waals surface area (Å²) in [5.74, 6) is 1.28. The van der Waals surface area contributed by atoms with Crippen LogP contribution in [0.3, 0.4) is 0 Å². The smallest absolute Gasteiger partial charge is 0.191 e. The van der Waals surface area contributed by atoms with Gasteiger partial charge in [0, 0.05) is 24.4 Å². The van der Waals surface area contributed by atoms with Gasteiger partial charge in [0.2, 0.25) is 0 Å². The highest BCUT2D eigenvalue weighted by molar-refractivity contribution is 7.98. The molecular weight excluding hydrogens is 351 g/mol. The zero-order valence-electron chi connectivity index (χ0n) is 14.6. The maximum Gasteiger partial charge on any atom is 0.191 e. The standard InChI is InChI=1S/C19H21FN4OS/c1-3-8-24-18(12-23(2)11-16-7-9-25-13-16)21-22-19(24)26-14-15-5-4-6-17(20)10-15/h3-7,9-10,13H,1,8,11-12,14H2,2H3. The Morgan fingerprint density at radius 3 is 2.88 bits per heavy atom. The Kier molecular flexibility index (Phi) is 6.25. The fourth-order valence-corrected chi connectivity index (χ4v) is 3.53. The molecule has 0 saturated heterocycles. The highest BCUT2D eigenvalue weighted by atomic mass is 32.2. The van der Waals surface area contributed by atoms with Crippen LogP contribution in [0.4, 0.5) is 4.39 Å². The molecule has 7 heteroatoms. The Bertz CT molecular complexity index is 847. The van der Waals surface area contributed by atoms with E-state index in [1.165, 1.54) is 6.07 Å². The molecule has 26 heavy (non-hydrogen) atoms. The summed E-state index contributed by atoms with van der Waals surface area (Å²) < 4.78 is 20.5. The van der Waals surface area contributed by atoms with Crippen LogP contribution in [0.1, 0.15) is 17.0 Å². The number of hydrogen-bond acceptors (Lipinski definition) is 5. The highest BCUT2D eigenvalue weighted by Crippen LogP contribution is 2.23. The maximum absolute atomic E-state index is 13.3. The molecule has 3 rings (SSSR count). The van der Waals surface area contributed by atoms with E-state index in [1.807, 2.05) is 29.8 Å². The average molecular weight is 372 g/mol. The molecule has 1 aromatic carbocycles. The van der Waals surface area contributed by atoms with Crippen LogP contribution >= 0.6 is 11.8 Å². The second-order valence-corrected chi connectivity index (χ2v) is 6.96. The number of halogens is 1. The molecular formula is C19H21FN4OS. The first-order valence-corrected chi connectivity index (χ1v) is 9.24. The normalized spacial score (nSPS) is 11.2. The zero-order valence-corrected chi connectivity index (χ0v) is 15.5. The molecule has 2 heterocycles. The van der Waals surface area contributed by atoms with Gasteiger partial charge >= 0.3 is 0 Å². The topological polar surface area (TPSA) is 47.1 Å². The number of aromatic nitrogens is 3. The van der Waals surface area contributed by atoms with Gasteiger partial charge in [-0.25, -0.2) is 4.39 Å². The van der Waals surface area contributed by atoms with Crippen LogP contribution < -0.4 is 0 Å². The van der Waals surface area contributed by atoms with Crippen LogP contribution in [0.5, 0.6) is 0 Å². The van der Waals surface area contributed by atoms with Gasteiger partial charge in [0.1, 0.15) is 11.6 Å². The van der Waals surface area contributed by atoms with Crippen molar-refractivity contribution >= 4 is 11.8 Å². The summed E-state index contributed by atoms with van der Waals surface area (Å²) in [7, 11) is 2.03. The van der Waals surface area contributed by atoms with Crippen molar-refractivity contribution in [2.45, 2.75) is 30.5 Å². The molecule has 2 aromatic heterocycles. The van der Waals surface area contributed by atoms with Crippen LogP contribution in [0.15, 0.2) is 65.1 Å². The average Bonchev–Trinajstić information content (AvgIpc) is 3.24. The van der Waals surface area contributed by atoms with Gasteiger partial charge in [-0.3, -0.25) is 4.90 Å². The van der Waals surface area contributed by atoms with E-state index in [9.17, 15) is 4.39 Å². The molecule has 0 aliphatic carbocycles. The first kappa shape index (κ1) is 18.4. The van der Waals surface area contributed by atoms with Crippen molar-refractivity contribution < 1.29 is 8.81 Å². The lowest BCUT2D eigenvalue weighted by Gasteiger charge is -2.16. The van der Waals surface area contributed by atoms with E-state index in [-0.39, 0.29) is 5.82 Å². The molecule has 0 fully saturated rings. The number of benzene rings is 1. The summed E-state index contributed by atoms with van der Waals surface area (Å²) >= 11 is 1.54. The van der Waals surface area contributed by atoms with Gasteiger partial charge in [0.15, 0.2) is 5.16 Å². The first-order chi connectivity index (χ1) is 12.7. The molecule has 0 aliphatic heterocycles. The molecule has 0 aliphatic rings. The van der Waals surface area contributed by atoms with Gasteiger partial charge in [0.25, 0.3) is 0 Å². The van der Waals surface area contributed by atoms with Gasteiger partial charge in [0.05, 0.1) is 19.1 Å². The number of thioether (sulfide) groups is 1. The minimum atomic E-state index is -0.225. The van der Waals surface area contributed by atoms with Crippen molar-refractivity contribution in [1.29, 1.82) is 0 Å². The number of furan rings is 1. The second kappa shape index (κ2) is 8.82. The van der Waals surface area contributed by atoms with Gasteiger partial charge in [-0.15, -0.1) is 16.8 Å².